The third-order valence-electron chi connectivity index (χ3n) is 6.19. The zero-order valence-electron chi connectivity index (χ0n) is 19.6. The Bertz CT molecular complexity index is 1240. The van der Waals surface area contributed by atoms with Crippen molar-refractivity contribution in [2.75, 3.05) is 36.4 Å². The Morgan fingerprint density at radius 3 is 2.23 bits per heavy atom. The molecule has 0 radical (unpaired) electrons. The Kier molecular flexibility index (Phi) is 6.89. The van der Waals surface area contributed by atoms with Gasteiger partial charge < -0.3 is 15.1 Å². The molecule has 35 heavy (non-hydrogen) atoms. The second-order valence-electron chi connectivity index (χ2n) is 8.62. The number of carbonyl (C=O) groups is 1. The number of hydrogen-bond acceptors (Lipinski definition) is 4. The van der Waals surface area contributed by atoms with Gasteiger partial charge in [0.05, 0.1) is 22.0 Å². The third kappa shape index (κ3) is 5.51. The van der Waals surface area contributed by atoms with Crippen LogP contribution in [0.3, 0.4) is 0 Å². The number of urea groups is 1. The normalized spacial score (nSPS) is 14.3. The molecule has 0 unspecified atom stereocenters. The number of amides is 2. The number of halogens is 4. The molecule has 1 aromatic heterocycles. The molecule has 2 heterocycles. The molecule has 4 rings (SSSR count). The van der Waals surface area contributed by atoms with Crippen molar-refractivity contribution < 1.29 is 18.0 Å². The second-order valence-corrected chi connectivity index (χ2v) is 9.03. The lowest BCUT2D eigenvalue weighted by Crippen LogP contribution is -2.50. The number of aryl methyl sites for hydroxylation is 3. The standard InChI is InChI=1S/C25H25ClF3N5O/c1-15-12-17(3)19(13-16(15)2)21-6-7-23(32-31-21)33-8-10-34(11-9-33)24(35)30-22-14-18(25(27,28)29)4-5-20(22)26/h4-7,12-14H,8-11H2,1-3H3,(H,30,35). The summed E-state index contributed by atoms with van der Waals surface area (Å²) in [6.45, 7) is 7.98. The van der Waals surface area contributed by atoms with Gasteiger partial charge in [0, 0.05) is 31.7 Å². The minimum atomic E-state index is -4.52. The number of rotatable bonds is 3. The Morgan fingerprint density at radius 1 is 0.914 bits per heavy atom. The Morgan fingerprint density at radius 2 is 1.60 bits per heavy atom. The van der Waals surface area contributed by atoms with Gasteiger partial charge in [0.2, 0.25) is 0 Å². The molecule has 1 N–H and O–H groups in total. The largest absolute Gasteiger partial charge is 0.416 e. The van der Waals surface area contributed by atoms with Crippen LogP contribution in [0.4, 0.5) is 29.5 Å². The molecule has 0 aliphatic carbocycles. The van der Waals surface area contributed by atoms with E-state index in [2.05, 4.69) is 41.5 Å². The van der Waals surface area contributed by atoms with Gasteiger partial charge in [-0.3, -0.25) is 0 Å². The van der Waals surface area contributed by atoms with E-state index in [9.17, 15) is 18.0 Å². The summed E-state index contributed by atoms with van der Waals surface area (Å²) < 4.78 is 39.0. The smallest absolute Gasteiger partial charge is 0.352 e. The van der Waals surface area contributed by atoms with Crippen LogP contribution in [0, 0.1) is 20.8 Å². The van der Waals surface area contributed by atoms with Gasteiger partial charge in [-0.15, -0.1) is 10.2 Å². The van der Waals surface area contributed by atoms with Crippen molar-refractivity contribution in [3.05, 3.63) is 69.7 Å². The fraction of sp³-hybridized carbons (Fsp3) is 0.320. The van der Waals surface area contributed by atoms with Crippen molar-refractivity contribution in [2.24, 2.45) is 0 Å². The fourth-order valence-corrected chi connectivity index (χ4v) is 4.17. The molecule has 0 saturated carbocycles. The number of piperazine rings is 1. The molecule has 1 aliphatic heterocycles. The van der Waals surface area contributed by atoms with E-state index >= 15 is 0 Å². The molecular weight excluding hydrogens is 479 g/mol. The van der Waals surface area contributed by atoms with Crippen molar-refractivity contribution >= 4 is 29.1 Å². The first-order chi connectivity index (χ1) is 16.5. The Hall–Kier alpha value is -3.33. The number of nitrogens with one attached hydrogen (secondary N) is 1. The highest BCUT2D eigenvalue weighted by molar-refractivity contribution is 6.33. The summed E-state index contributed by atoms with van der Waals surface area (Å²) in [6.07, 6.45) is -4.52. The number of benzene rings is 2. The molecule has 2 amide bonds. The van der Waals surface area contributed by atoms with Crippen LogP contribution in [-0.4, -0.2) is 47.3 Å². The van der Waals surface area contributed by atoms with Gasteiger partial charge in [0.1, 0.15) is 0 Å². The van der Waals surface area contributed by atoms with E-state index < -0.39 is 17.8 Å². The van der Waals surface area contributed by atoms with Crippen molar-refractivity contribution in [3.8, 4) is 11.3 Å². The molecule has 1 fully saturated rings. The van der Waals surface area contributed by atoms with Gasteiger partial charge in [-0.2, -0.15) is 13.2 Å². The first-order valence-electron chi connectivity index (χ1n) is 11.1. The van der Waals surface area contributed by atoms with Crippen LogP contribution in [-0.2, 0) is 6.18 Å². The predicted octanol–water partition coefficient (Wildman–Crippen LogP) is 6.10. The van der Waals surface area contributed by atoms with E-state index in [1.54, 1.807) is 0 Å². The van der Waals surface area contributed by atoms with E-state index in [-0.39, 0.29) is 10.7 Å². The first-order valence-corrected chi connectivity index (χ1v) is 11.5. The van der Waals surface area contributed by atoms with Crippen molar-refractivity contribution in [3.63, 3.8) is 0 Å². The molecule has 1 saturated heterocycles. The second kappa shape index (κ2) is 9.73. The SMILES string of the molecule is Cc1cc(C)c(-c2ccc(N3CCN(C(=O)Nc4cc(C(F)(F)F)ccc4Cl)CC3)nn2)cc1C. The average Bonchev–Trinajstić information content (AvgIpc) is 2.82. The number of hydrogen-bond donors (Lipinski definition) is 1. The zero-order valence-corrected chi connectivity index (χ0v) is 20.3. The number of aromatic nitrogens is 2. The summed E-state index contributed by atoms with van der Waals surface area (Å²) in [5, 5.41) is 11.3. The third-order valence-corrected chi connectivity index (χ3v) is 6.52. The summed E-state index contributed by atoms with van der Waals surface area (Å²) in [7, 11) is 0. The van der Waals surface area contributed by atoms with Gasteiger partial charge in [0.25, 0.3) is 0 Å². The molecule has 0 atom stereocenters. The maximum atomic E-state index is 13.0. The fourth-order valence-electron chi connectivity index (χ4n) is 4.00. The molecule has 10 heteroatoms. The van der Waals surface area contributed by atoms with Crippen LogP contribution in [0.2, 0.25) is 5.02 Å². The van der Waals surface area contributed by atoms with E-state index in [0.717, 1.165) is 35.0 Å². The number of alkyl halides is 3. The predicted molar refractivity (Wildman–Crippen MR) is 131 cm³/mol. The molecule has 0 bridgehead atoms. The highest BCUT2D eigenvalue weighted by Crippen LogP contribution is 2.34. The summed E-state index contributed by atoms with van der Waals surface area (Å²) in [6, 6.07) is 10.4. The van der Waals surface area contributed by atoms with E-state index in [0.29, 0.717) is 32.0 Å². The molecular formula is C25H25ClF3N5O. The zero-order chi connectivity index (χ0) is 25.3. The Balaban J connectivity index is 1.38. The molecule has 6 nitrogen and oxygen atoms in total. The lowest BCUT2D eigenvalue weighted by Gasteiger charge is -2.35. The quantitative estimate of drug-likeness (QED) is 0.469. The summed E-state index contributed by atoms with van der Waals surface area (Å²) in [5.41, 5.74) is 4.45. The van der Waals surface area contributed by atoms with Crippen molar-refractivity contribution in [1.82, 2.24) is 15.1 Å². The highest BCUT2D eigenvalue weighted by atomic mass is 35.5. The van der Waals surface area contributed by atoms with Crippen LogP contribution in [0.25, 0.3) is 11.3 Å². The number of carbonyl (C=O) groups excluding carboxylic acids is 1. The maximum absolute atomic E-state index is 13.0. The lowest BCUT2D eigenvalue weighted by molar-refractivity contribution is -0.137. The van der Waals surface area contributed by atoms with Gasteiger partial charge >= 0.3 is 12.2 Å². The minimum absolute atomic E-state index is 0.0411. The van der Waals surface area contributed by atoms with Gasteiger partial charge in [-0.05, 0) is 73.9 Å². The topological polar surface area (TPSA) is 61.4 Å². The van der Waals surface area contributed by atoms with E-state index in [1.807, 2.05) is 24.0 Å². The van der Waals surface area contributed by atoms with E-state index in [1.165, 1.54) is 16.0 Å². The first kappa shape index (κ1) is 24.8. The summed E-state index contributed by atoms with van der Waals surface area (Å²) in [4.78, 5) is 16.2. The number of nitrogens with zero attached hydrogens (tertiary/aromatic N) is 4. The molecule has 0 spiro atoms. The van der Waals surface area contributed by atoms with Gasteiger partial charge in [0.15, 0.2) is 5.82 Å². The van der Waals surface area contributed by atoms with Crippen LogP contribution in [0.15, 0.2) is 42.5 Å². The molecule has 1 aliphatic rings. The van der Waals surface area contributed by atoms with Crippen LogP contribution in [0.1, 0.15) is 22.3 Å². The van der Waals surface area contributed by atoms with Crippen LogP contribution >= 0.6 is 11.6 Å². The lowest BCUT2D eigenvalue weighted by atomic mass is 9.99. The van der Waals surface area contributed by atoms with E-state index in [4.69, 9.17) is 11.6 Å². The monoisotopic (exact) mass is 503 g/mol. The minimum Gasteiger partial charge on any atom is -0.352 e. The van der Waals surface area contributed by atoms with Crippen molar-refractivity contribution in [1.29, 1.82) is 0 Å². The molecule has 3 aromatic rings. The van der Waals surface area contributed by atoms with Gasteiger partial charge in [-0.1, -0.05) is 17.7 Å². The summed E-state index contributed by atoms with van der Waals surface area (Å²) in [5.74, 6) is 0.705. The molecule has 2 aromatic carbocycles. The highest BCUT2D eigenvalue weighted by Gasteiger charge is 2.31. The summed E-state index contributed by atoms with van der Waals surface area (Å²) >= 11 is 5.99. The average molecular weight is 504 g/mol. The Labute approximate surface area is 206 Å². The van der Waals surface area contributed by atoms with Crippen LogP contribution in [0.5, 0.6) is 0 Å². The van der Waals surface area contributed by atoms with Gasteiger partial charge in [-0.25, -0.2) is 4.79 Å². The maximum Gasteiger partial charge on any atom is 0.416 e. The van der Waals surface area contributed by atoms with Crippen LogP contribution < -0.4 is 10.2 Å². The molecule has 184 valence electrons. The van der Waals surface area contributed by atoms with Crippen molar-refractivity contribution in [2.45, 2.75) is 26.9 Å². The number of anilines is 2.